The number of thioether (sulfide) groups is 1. The van der Waals surface area contributed by atoms with Crippen molar-refractivity contribution in [3.8, 4) is 16.9 Å². The van der Waals surface area contributed by atoms with Crippen LogP contribution in [0.15, 0.2) is 54.7 Å². The van der Waals surface area contributed by atoms with E-state index in [0.717, 1.165) is 22.4 Å². The second-order valence-electron chi connectivity index (χ2n) is 4.87. The van der Waals surface area contributed by atoms with Crippen molar-refractivity contribution >= 4 is 22.7 Å². The van der Waals surface area contributed by atoms with Gasteiger partial charge in [0.05, 0.1) is 12.6 Å². The van der Waals surface area contributed by atoms with Crippen LogP contribution in [0.2, 0.25) is 0 Å². The third kappa shape index (κ3) is 2.88. The van der Waals surface area contributed by atoms with Gasteiger partial charge < -0.3 is 4.74 Å². The van der Waals surface area contributed by atoms with Gasteiger partial charge >= 0.3 is 0 Å². The lowest BCUT2D eigenvalue weighted by atomic mass is 10.0. The summed E-state index contributed by atoms with van der Waals surface area (Å²) in [5.41, 5.74) is 4.74. The van der Waals surface area contributed by atoms with Crippen molar-refractivity contribution in [1.29, 1.82) is 0 Å². The molecule has 0 unspecified atom stereocenters. The molecule has 0 aliphatic heterocycles. The Morgan fingerprint density at radius 1 is 1.05 bits per heavy atom. The highest BCUT2D eigenvalue weighted by Gasteiger charge is 2.06. The number of ether oxygens (including phenoxy) is 1. The van der Waals surface area contributed by atoms with Gasteiger partial charge in [-0.3, -0.25) is 4.98 Å². The monoisotopic (exact) mass is 295 g/mol. The van der Waals surface area contributed by atoms with Crippen molar-refractivity contribution < 1.29 is 4.74 Å². The molecule has 2 aromatic carbocycles. The van der Waals surface area contributed by atoms with Crippen LogP contribution in [0.4, 0.5) is 0 Å². The van der Waals surface area contributed by atoms with E-state index in [2.05, 4.69) is 47.6 Å². The molecule has 0 saturated heterocycles. The molecule has 0 bridgehead atoms. The molecule has 21 heavy (non-hydrogen) atoms. The average molecular weight is 295 g/mol. The van der Waals surface area contributed by atoms with Gasteiger partial charge in [0.15, 0.2) is 0 Å². The number of hydrogen-bond donors (Lipinski definition) is 0. The van der Waals surface area contributed by atoms with E-state index in [0.29, 0.717) is 0 Å². The maximum Gasteiger partial charge on any atom is 0.121 e. The molecule has 0 radical (unpaired) electrons. The third-order valence-electron chi connectivity index (χ3n) is 3.53. The smallest absolute Gasteiger partial charge is 0.121 e. The predicted molar refractivity (Wildman–Crippen MR) is 91.0 cm³/mol. The summed E-state index contributed by atoms with van der Waals surface area (Å²) in [7, 11) is 1.68. The first-order valence-corrected chi connectivity index (χ1v) is 8.22. The van der Waals surface area contributed by atoms with E-state index in [1.807, 2.05) is 30.1 Å². The predicted octanol–water partition coefficient (Wildman–Crippen LogP) is 4.77. The van der Waals surface area contributed by atoms with Crippen LogP contribution >= 0.6 is 11.8 Å². The van der Waals surface area contributed by atoms with E-state index in [9.17, 15) is 0 Å². The fraction of sp³-hybridized carbons (Fsp3) is 0.167. The minimum Gasteiger partial charge on any atom is -0.497 e. The molecule has 0 atom stereocenters. The van der Waals surface area contributed by atoms with Crippen molar-refractivity contribution in [2.75, 3.05) is 13.4 Å². The molecule has 0 N–H and O–H groups in total. The van der Waals surface area contributed by atoms with E-state index in [-0.39, 0.29) is 0 Å². The van der Waals surface area contributed by atoms with Gasteiger partial charge in [-0.1, -0.05) is 24.3 Å². The summed E-state index contributed by atoms with van der Waals surface area (Å²) in [6, 6.07) is 16.9. The van der Waals surface area contributed by atoms with Crippen LogP contribution in [-0.4, -0.2) is 18.3 Å². The molecule has 0 fully saturated rings. The molecule has 1 aromatic heterocycles. The van der Waals surface area contributed by atoms with Crippen molar-refractivity contribution in [3.63, 3.8) is 0 Å². The molecule has 0 amide bonds. The summed E-state index contributed by atoms with van der Waals surface area (Å²) in [5, 5.41) is 1.15. The fourth-order valence-corrected chi connectivity index (χ4v) is 2.98. The molecule has 1 heterocycles. The molecule has 0 aliphatic rings. The number of nitrogens with zero attached hydrogens (tertiary/aromatic N) is 1. The Bertz CT molecular complexity index is 753. The number of hydrogen-bond acceptors (Lipinski definition) is 3. The lowest BCUT2D eigenvalue weighted by molar-refractivity contribution is 0.415. The zero-order valence-corrected chi connectivity index (χ0v) is 13.0. The zero-order chi connectivity index (χ0) is 14.7. The Hall–Kier alpha value is -2.00. The number of rotatable bonds is 4. The Kier molecular flexibility index (Phi) is 4.11. The van der Waals surface area contributed by atoms with E-state index in [1.165, 1.54) is 16.7 Å². The Labute approximate surface area is 129 Å². The quantitative estimate of drug-likeness (QED) is 0.692. The minimum absolute atomic E-state index is 0.836. The summed E-state index contributed by atoms with van der Waals surface area (Å²) in [4.78, 5) is 4.44. The van der Waals surface area contributed by atoms with Crippen LogP contribution in [-0.2, 0) is 5.75 Å². The first-order valence-electron chi connectivity index (χ1n) is 6.83. The van der Waals surface area contributed by atoms with E-state index < -0.39 is 0 Å². The highest BCUT2D eigenvalue weighted by Crippen LogP contribution is 2.30. The molecule has 3 aromatic rings. The molecule has 3 rings (SSSR count). The molecule has 0 saturated carbocycles. The number of benzene rings is 2. The van der Waals surface area contributed by atoms with Gasteiger partial charge in [-0.2, -0.15) is 11.8 Å². The van der Waals surface area contributed by atoms with Crippen LogP contribution in [0.25, 0.3) is 22.0 Å². The number of fused-ring (bicyclic) bond motifs is 1. The lowest BCUT2D eigenvalue weighted by Gasteiger charge is -2.08. The second-order valence-corrected chi connectivity index (χ2v) is 5.74. The molecular weight excluding hydrogens is 278 g/mol. The second kappa shape index (κ2) is 6.19. The van der Waals surface area contributed by atoms with Gasteiger partial charge in [0, 0.05) is 23.4 Å². The van der Waals surface area contributed by atoms with Gasteiger partial charge in [-0.15, -0.1) is 0 Å². The van der Waals surface area contributed by atoms with E-state index in [4.69, 9.17) is 4.74 Å². The van der Waals surface area contributed by atoms with Gasteiger partial charge in [0.2, 0.25) is 0 Å². The van der Waals surface area contributed by atoms with Crippen LogP contribution in [0.5, 0.6) is 5.75 Å². The Balaban J connectivity index is 2.07. The fourth-order valence-electron chi connectivity index (χ4n) is 2.45. The van der Waals surface area contributed by atoms with E-state index in [1.54, 1.807) is 7.11 Å². The minimum atomic E-state index is 0.836. The topological polar surface area (TPSA) is 22.1 Å². The van der Waals surface area contributed by atoms with Crippen molar-refractivity contribution in [2.24, 2.45) is 0 Å². The summed E-state index contributed by atoms with van der Waals surface area (Å²) >= 11 is 1.84. The molecular formula is C18H17NOS. The van der Waals surface area contributed by atoms with E-state index >= 15 is 0 Å². The summed E-state index contributed by atoms with van der Waals surface area (Å²) in [5.74, 6) is 1.89. The van der Waals surface area contributed by atoms with Crippen LogP contribution < -0.4 is 4.74 Å². The SMILES string of the molecule is COc1ccc2c(-c3ccc(CSC)cc3)ccnc2c1. The van der Waals surface area contributed by atoms with Gasteiger partial charge in [0.1, 0.15) is 5.75 Å². The summed E-state index contributed by atoms with van der Waals surface area (Å²) in [6.45, 7) is 0. The van der Waals surface area contributed by atoms with Crippen LogP contribution in [0, 0.1) is 0 Å². The Morgan fingerprint density at radius 2 is 1.86 bits per heavy atom. The number of pyridine rings is 1. The van der Waals surface area contributed by atoms with Crippen molar-refractivity contribution in [1.82, 2.24) is 4.98 Å². The number of aromatic nitrogens is 1. The molecule has 0 spiro atoms. The highest BCUT2D eigenvalue weighted by atomic mass is 32.2. The number of methoxy groups -OCH3 is 1. The molecule has 2 nitrogen and oxygen atoms in total. The zero-order valence-electron chi connectivity index (χ0n) is 12.2. The summed E-state index contributed by atoms with van der Waals surface area (Å²) in [6.07, 6.45) is 3.98. The van der Waals surface area contributed by atoms with Crippen LogP contribution in [0.3, 0.4) is 0 Å². The summed E-state index contributed by atoms with van der Waals surface area (Å²) < 4.78 is 5.27. The lowest BCUT2D eigenvalue weighted by Crippen LogP contribution is -1.88. The van der Waals surface area contributed by atoms with Gasteiger partial charge in [0.25, 0.3) is 0 Å². The van der Waals surface area contributed by atoms with Crippen molar-refractivity contribution in [2.45, 2.75) is 5.75 Å². The maximum absolute atomic E-state index is 5.27. The molecule has 0 aliphatic carbocycles. The molecule has 3 heteroatoms. The third-order valence-corrected chi connectivity index (χ3v) is 4.15. The maximum atomic E-state index is 5.27. The normalized spacial score (nSPS) is 10.8. The van der Waals surface area contributed by atoms with Crippen LogP contribution in [0.1, 0.15) is 5.56 Å². The van der Waals surface area contributed by atoms with Gasteiger partial charge in [-0.05, 0) is 41.1 Å². The van der Waals surface area contributed by atoms with Gasteiger partial charge in [-0.25, -0.2) is 0 Å². The van der Waals surface area contributed by atoms with Crippen molar-refractivity contribution in [3.05, 3.63) is 60.3 Å². The molecule has 106 valence electrons. The average Bonchev–Trinajstić information content (AvgIpc) is 2.55. The standard InChI is InChI=1S/C18H17NOS/c1-20-15-7-8-17-16(9-10-19-18(17)11-15)14-5-3-13(4-6-14)12-21-2/h3-11H,12H2,1-2H3. The first kappa shape index (κ1) is 14.0. The first-order chi connectivity index (χ1) is 10.3. The highest BCUT2D eigenvalue weighted by molar-refractivity contribution is 7.97. The largest absolute Gasteiger partial charge is 0.497 e. The Morgan fingerprint density at radius 3 is 2.57 bits per heavy atom.